The number of ketones is 1. The molecule has 2 heterocycles. The zero-order valence-corrected chi connectivity index (χ0v) is 18.0. The Labute approximate surface area is 183 Å². The summed E-state index contributed by atoms with van der Waals surface area (Å²) in [5.41, 5.74) is 1.80. The first-order valence-electron chi connectivity index (χ1n) is 9.96. The van der Waals surface area contributed by atoms with E-state index in [2.05, 4.69) is 10.3 Å². The number of amides is 1. The Kier molecular flexibility index (Phi) is 5.77. The van der Waals surface area contributed by atoms with Gasteiger partial charge in [-0.15, -0.1) is 11.3 Å². The fourth-order valence-electron chi connectivity index (χ4n) is 3.45. The van der Waals surface area contributed by atoms with Gasteiger partial charge in [-0.25, -0.2) is 4.98 Å². The maximum absolute atomic E-state index is 13.2. The maximum Gasteiger partial charge on any atom is 0.262 e. The van der Waals surface area contributed by atoms with Gasteiger partial charge in [-0.3, -0.25) is 19.0 Å². The number of carbonyl (C=O) groups is 2. The Morgan fingerprint density at radius 3 is 2.58 bits per heavy atom. The number of carbonyl (C=O) groups excluding carboxylic acids is 2. The Hall–Kier alpha value is -3.58. The van der Waals surface area contributed by atoms with E-state index >= 15 is 0 Å². The van der Waals surface area contributed by atoms with Gasteiger partial charge in [0, 0.05) is 16.1 Å². The Balaban J connectivity index is 1.66. The van der Waals surface area contributed by atoms with Crippen LogP contribution in [0.1, 0.15) is 36.7 Å². The minimum atomic E-state index is -0.717. The van der Waals surface area contributed by atoms with E-state index < -0.39 is 6.04 Å². The zero-order valence-electron chi connectivity index (χ0n) is 17.2. The molecule has 4 aromatic rings. The first kappa shape index (κ1) is 20.7. The van der Waals surface area contributed by atoms with Crippen LogP contribution in [-0.4, -0.2) is 21.2 Å². The van der Waals surface area contributed by atoms with Crippen LogP contribution in [0.4, 0.5) is 5.69 Å². The van der Waals surface area contributed by atoms with Crippen molar-refractivity contribution in [2.24, 2.45) is 0 Å². The molecular weight excluding hydrogens is 410 g/mol. The second-order valence-corrected chi connectivity index (χ2v) is 8.23. The van der Waals surface area contributed by atoms with Gasteiger partial charge in [-0.05, 0) is 37.1 Å². The number of hydrogen-bond acceptors (Lipinski definition) is 5. The van der Waals surface area contributed by atoms with E-state index in [1.807, 2.05) is 43.3 Å². The lowest BCUT2D eigenvalue weighted by Crippen LogP contribution is -2.33. The van der Waals surface area contributed by atoms with Gasteiger partial charge >= 0.3 is 0 Å². The Morgan fingerprint density at radius 1 is 1.10 bits per heavy atom. The van der Waals surface area contributed by atoms with Crippen LogP contribution in [0.5, 0.6) is 0 Å². The lowest BCUT2D eigenvalue weighted by atomic mass is 10.1. The van der Waals surface area contributed by atoms with Crippen LogP contribution in [0.2, 0.25) is 0 Å². The van der Waals surface area contributed by atoms with Crippen LogP contribution in [0.25, 0.3) is 20.7 Å². The average molecular weight is 432 g/mol. The summed E-state index contributed by atoms with van der Waals surface area (Å²) in [7, 11) is 0. The van der Waals surface area contributed by atoms with Gasteiger partial charge in [-0.1, -0.05) is 49.4 Å². The lowest BCUT2D eigenvalue weighted by molar-refractivity contribution is -0.119. The molecule has 7 heteroatoms. The second-order valence-electron chi connectivity index (χ2n) is 7.20. The summed E-state index contributed by atoms with van der Waals surface area (Å²) in [5.74, 6) is -0.411. The molecule has 0 radical (unpaired) electrons. The molecule has 31 heavy (non-hydrogen) atoms. The van der Waals surface area contributed by atoms with E-state index in [0.717, 1.165) is 10.4 Å². The zero-order chi connectivity index (χ0) is 22.0. The summed E-state index contributed by atoms with van der Waals surface area (Å²) >= 11 is 1.45. The molecule has 0 fully saturated rings. The highest BCUT2D eigenvalue weighted by atomic mass is 32.1. The smallest absolute Gasteiger partial charge is 0.262 e. The molecule has 2 aromatic carbocycles. The van der Waals surface area contributed by atoms with E-state index in [9.17, 15) is 14.4 Å². The molecule has 0 saturated heterocycles. The van der Waals surface area contributed by atoms with Crippen molar-refractivity contribution < 1.29 is 9.59 Å². The van der Waals surface area contributed by atoms with Crippen molar-refractivity contribution in [2.75, 3.05) is 5.32 Å². The summed E-state index contributed by atoms with van der Waals surface area (Å²) in [4.78, 5) is 43.8. The van der Waals surface area contributed by atoms with Crippen LogP contribution in [0.15, 0.2) is 71.8 Å². The average Bonchev–Trinajstić information content (AvgIpc) is 3.22. The highest BCUT2D eigenvalue weighted by molar-refractivity contribution is 7.21. The molecule has 1 amide bonds. The second kappa shape index (κ2) is 8.65. The predicted molar refractivity (Wildman–Crippen MR) is 124 cm³/mol. The minimum Gasteiger partial charge on any atom is -0.324 e. The quantitative estimate of drug-likeness (QED) is 0.440. The first-order chi connectivity index (χ1) is 15.0. The summed E-state index contributed by atoms with van der Waals surface area (Å²) in [5, 5.41) is 3.31. The third-order valence-corrected chi connectivity index (χ3v) is 6.19. The number of anilines is 1. The van der Waals surface area contributed by atoms with E-state index in [0.29, 0.717) is 27.9 Å². The lowest BCUT2D eigenvalue weighted by Gasteiger charge is -2.17. The number of rotatable bonds is 6. The molecule has 2 aromatic heterocycles. The van der Waals surface area contributed by atoms with Crippen molar-refractivity contribution in [2.45, 2.75) is 26.3 Å². The molecule has 4 rings (SSSR count). The monoisotopic (exact) mass is 431 g/mol. The van der Waals surface area contributed by atoms with Crippen LogP contribution >= 0.6 is 11.3 Å². The number of thiophene rings is 1. The highest BCUT2D eigenvalue weighted by Gasteiger charge is 2.22. The maximum atomic E-state index is 13.2. The number of nitrogens with zero attached hydrogens (tertiary/aromatic N) is 2. The molecule has 0 aliphatic rings. The predicted octanol–water partition coefficient (Wildman–Crippen LogP) is 4.92. The van der Waals surface area contributed by atoms with Crippen molar-refractivity contribution in [1.82, 2.24) is 9.55 Å². The van der Waals surface area contributed by atoms with Gasteiger partial charge in [0.2, 0.25) is 5.91 Å². The standard InChI is InChI=1S/C24H21N3O3S/c1-3-20(22(29)26-18-11-7-10-17(12-18)15(2)28)27-14-25-23-19(24(27)30)13-21(31-23)16-8-5-4-6-9-16/h4-14,20H,3H2,1-2H3,(H,26,29). The molecule has 0 spiro atoms. The first-order valence-corrected chi connectivity index (χ1v) is 10.8. The SMILES string of the molecule is CCC(C(=O)Nc1cccc(C(C)=O)c1)n1cnc2sc(-c3ccccc3)cc2c1=O. The fraction of sp³-hybridized carbons (Fsp3) is 0.167. The van der Waals surface area contributed by atoms with Crippen molar-refractivity contribution in [3.63, 3.8) is 0 Å². The molecule has 0 bridgehead atoms. The van der Waals surface area contributed by atoms with Gasteiger partial charge in [-0.2, -0.15) is 0 Å². The Morgan fingerprint density at radius 2 is 1.87 bits per heavy atom. The third-order valence-electron chi connectivity index (χ3n) is 5.10. The molecular formula is C24H21N3O3S. The van der Waals surface area contributed by atoms with E-state index in [1.54, 1.807) is 24.3 Å². The van der Waals surface area contributed by atoms with Crippen LogP contribution in [0, 0.1) is 0 Å². The topological polar surface area (TPSA) is 81.1 Å². The van der Waals surface area contributed by atoms with E-state index in [4.69, 9.17) is 0 Å². The van der Waals surface area contributed by atoms with E-state index in [-0.39, 0.29) is 17.2 Å². The molecule has 0 saturated carbocycles. The van der Waals surface area contributed by atoms with Gasteiger partial charge in [0.1, 0.15) is 10.9 Å². The fourth-order valence-corrected chi connectivity index (χ4v) is 4.45. The highest BCUT2D eigenvalue weighted by Crippen LogP contribution is 2.31. The number of hydrogen-bond donors (Lipinski definition) is 1. The molecule has 1 N–H and O–H groups in total. The number of nitrogens with one attached hydrogen (secondary N) is 1. The molecule has 1 unspecified atom stereocenters. The van der Waals surface area contributed by atoms with E-state index in [1.165, 1.54) is 29.2 Å². The molecule has 0 aliphatic heterocycles. The van der Waals surface area contributed by atoms with Crippen molar-refractivity contribution >= 4 is 38.9 Å². The molecule has 156 valence electrons. The van der Waals surface area contributed by atoms with Gasteiger partial charge in [0.25, 0.3) is 5.56 Å². The van der Waals surface area contributed by atoms with Gasteiger partial charge in [0.15, 0.2) is 5.78 Å². The van der Waals surface area contributed by atoms with Crippen molar-refractivity contribution in [3.05, 3.63) is 82.9 Å². The number of Topliss-reactive ketones (excluding diaryl/α,β-unsaturated/α-hetero) is 1. The number of fused-ring (bicyclic) bond motifs is 1. The van der Waals surface area contributed by atoms with Crippen LogP contribution in [-0.2, 0) is 4.79 Å². The summed E-state index contributed by atoms with van der Waals surface area (Å²) in [6.45, 7) is 3.32. The number of benzene rings is 2. The van der Waals surface area contributed by atoms with Crippen LogP contribution < -0.4 is 10.9 Å². The van der Waals surface area contributed by atoms with Crippen molar-refractivity contribution in [3.8, 4) is 10.4 Å². The Bertz CT molecular complexity index is 1320. The number of aromatic nitrogens is 2. The minimum absolute atomic E-state index is 0.0827. The molecule has 0 aliphatic carbocycles. The van der Waals surface area contributed by atoms with Gasteiger partial charge in [0.05, 0.1) is 11.7 Å². The molecule has 6 nitrogen and oxygen atoms in total. The summed E-state index contributed by atoms with van der Waals surface area (Å²) < 4.78 is 1.38. The summed E-state index contributed by atoms with van der Waals surface area (Å²) in [6, 6.07) is 17.7. The molecule has 1 atom stereocenters. The normalized spacial score (nSPS) is 11.9. The van der Waals surface area contributed by atoms with Gasteiger partial charge < -0.3 is 5.32 Å². The largest absolute Gasteiger partial charge is 0.324 e. The van der Waals surface area contributed by atoms with Crippen molar-refractivity contribution in [1.29, 1.82) is 0 Å². The van der Waals surface area contributed by atoms with Crippen LogP contribution in [0.3, 0.4) is 0 Å². The third kappa shape index (κ3) is 4.18. The summed E-state index contributed by atoms with van der Waals surface area (Å²) in [6.07, 6.45) is 1.86.